The van der Waals surface area contributed by atoms with Crippen LogP contribution in [0.2, 0.25) is 0 Å². The summed E-state index contributed by atoms with van der Waals surface area (Å²) in [6, 6.07) is 3.39. The van der Waals surface area contributed by atoms with E-state index in [1.807, 2.05) is 0 Å². The lowest BCUT2D eigenvalue weighted by Gasteiger charge is -2.34. The Morgan fingerprint density at radius 2 is 1.89 bits per heavy atom. The molecule has 4 nitrogen and oxygen atoms in total. The van der Waals surface area contributed by atoms with Crippen molar-refractivity contribution in [1.82, 2.24) is 0 Å². The van der Waals surface area contributed by atoms with E-state index in [2.05, 4.69) is 0 Å². The van der Waals surface area contributed by atoms with Crippen molar-refractivity contribution >= 4 is 5.97 Å². The largest absolute Gasteiger partial charge is 0.507 e. The van der Waals surface area contributed by atoms with Crippen LogP contribution in [-0.4, -0.2) is 23.3 Å². The van der Waals surface area contributed by atoms with Crippen LogP contribution in [0.15, 0.2) is 12.1 Å². The minimum absolute atomic E-state index is 0.0881. The molecule has 1 aromatic rings. The van der Waals surface area contributed by atoms with Gasteiger partial charge in [0.05, 0.1) is 12.5 Å². The van der Waals surface area contributed by atoms with Crippen LogP contribution in [0.5, 0.6) is 11.5 Å². The Bertz CT molecular complexity index is 487. The molecule has 0 unspecified atom stereocenters. The van der Waals surface area contributed by atoms with Gasteiger partial charge >= 0.3 is 5.97 Å². The number of hydrogen-bond donors (Lipinski definition) is 2. The number of carboxylic acids is 1. The highest BCUT2D eigenvalue weighted by atomic mass is 16.5. The lowest BCUT2D eigenvalue weighted by atomic mass is 9.69. The third-order valence-electron chi connectivity index (χ3n) is 4.14. The number of benzene rings is 1. The van der Waals surface area contributed by atoms with E-state index in [9.17, 15) is 15.0 Å². The standard InChI is InChI=1S/C15H20O4/c1-10-8-11(19-2)9-12(13(10)16)15(14(17)18)6-4-3-5-7-15/h8-9,16H,3-7H2,1-2H3,(H,17,18). The average molecular weight is 264 g/mol. The molecule has 4 heteroatoms. The summed E-state index contributed by atoms with van der Waals surface area (Å²) in [5, 5.41) is 19.9. The predicted octanol–water partition coefficient (Wildman–Crippen LogP) is 3.00. The number of rotatable bonds is 3. The predicted molar refractivity (Wildman–Crippen MR) is 71.8 cm³/mol. The number of aliphatic carboxylic acids is 1. The molecule has 1 aliphatic carbocycles. The van der Waals surface area contributed by atoms with Gasteiger partial charge < -0.3 is 14.9 Å². The summed E-state index contributed by atoms with van der Waals surface area (Å²) in [5.41, 5.74) is 0.179. The lowest BCUT2D eigenvalue weighted by molar-refractivity contribution is -0.145. The number of methoxy groups -OCH3 is 1. The van der Waals surface area contributed by atoms with Crippen molar-refractivity contribution in [3.05, 3.63) is 23.3 Å². The highest BCUT2D eigenvalue weighted by Gasteiger charge is 2.43. The number of aryl methyl sites for hydroxylation is 1. The van der Waals surface area contributed by atoms with Crippen molar-refractivity contribution in [3.63, 3.8) is 0 Å². The van der Waals surface area contributed by atoms with E-state index in [1.165, 1.54) is 0 Å². The first-order chi connectivity index (χ1) is 9.01. The second kappa shape index (κ2) is 5.11. The van der Waals surface area contributed by atoms with E-state index in [1.54, 1.807) is 26.2 Å². The molecule has 0 amide bonds. The number of aromatic hydroxyl groups is 1. The van der Waals surface area contributed by atoms with E-state index < -0.39 is 11.4 Å². The van der Waals surface area contributed by atoms with Crippen LogP contribution >= 0.6 is 0 Å². The van der Waals surface area contributed by atoms with Gasteiger partial charge in [-0.15, -0.1) is 0 Å². The van der Waals surface area contributed by atoms with Crippen LogP contribution in [0, 0.1) is 6.92 Å². The third kappa shape index (κ3) is 2.27. The van der Waals surface area contributed by atoms with E-state index in [0.29, 0.717) is 29.7 Å². The average Bonchev–Trinajstić information content (AvgIpc) is 2.42. The third-order valence-corrected chi connectivity index (χ3v) is 4.14. The molecule has 19 heavy (non-hydrogen) atoms. The fourth-order valence-corrected chi connectivity index (χ4v) is 2.98. The van der Waals surface area contributed by atoms with Crippen molar-refractivity contribution in [3.8, 4) is 11.5 Å². The van der Waals surface area contributed by atoms with Crippen molar-refractivity contribution in [2.45, 2.75) is 44.4 Å². The number of ether oxygens (including phenoxy) is 1. The maximum absolute atomic E-state index is 11.8. The molecule has 104 valence electrons. The van der Waals surface area contributed by atoms with E-state index >= 15 is 0 Å². The van der Waals surface area contributed by atoms with Gasteiger partial charge in [0, 0.05) is 5.56 Å². The SMILES string of the molecule is COc1cc(C)c(O)c(C2(C(=O)O)CCCCC2)c1. The van der Waals surface area contributed by atoms with Gasteiger partial charge in [0.15, 0.2) is 0 Å². The van der Waals surface area contributed by atoms with Crippen LogP contribution in [-0.2, 0) is 10.2 Å². The maximum atomic E-state index is 11.8. The van der Waals surface area contributed by atoms with E-state index in [0.717, 1.165) is 19.3 Å². The molecule has 0 spiro atoms. The molecule has 0 heterocycles. The normalized spacial score (nSPS) is 18.0. The molecular formula is C15H20O4. The highest BCUT2D eigenvalue weighted by molar-refractivity contribution is 5.83. The van der Waals surface area contributed by atoms with Crippen LogP contribution in [0.1, 0.15) is 43.2 Å². The van der Waals surface area contributed by atoms with Crippen molar-refractivity contribution in [2.24, 2.45) is 0 Å². The Morgan fingerprint density at radius 1 is 1.26 bits per heavy atom. The van der Waals surface area contributed by atoms with Gasteiger partial charge in [0.1, 0.15) is 11.5 Å². The molecule has 1 fully saturated rings. The first-order valence-electron chi connectivity index (χ1n) is 6.63. The molecule has 1 saturated carbocycles. The molecule has 2 rings (SSSR count). The first kappa shape index (κ1) is 13.7. The monoisotopic (exact) mass is 264 g/mol. The molecular weight excluding hydrogens is 244 g/mol. The summed E-state index contributed by atoms with van der Waals surface area (Å²) in [6.45, 7) is 1.76. The summed E-state index contributed by atoms with van der Waals surface area (Å²) in [4.78, 5) is 11.8. The summed E-state index contributed by atoms with van der Waals surface area (Å²) >= 11 is 0. The molecule has 0 atom stereocenters. The Morgan fingerprint density at radius 3 is 2.42 bits per heavy atom. The van der Waals surface area contributed by atoms with Crippen molar-refractivity contribution in [1.29, 1.82) is 0 Å². The van der Waals surface area contributed by atoms with Crippen LogP contribution in [0.3, 0.4) is 0 Å². The first-order valence-corrected chi connectivity index (χ1v) is 6.63. The zero-order valence-corrected chi connectivity index (χ0v) is 11.4. The number of carboxylic acid groups (broad SMARTS) is 1. The fourth-order valence-electron chi connectivity index (χ4n) is 2.98. The minimum atomic E-state index is -0.971. The van der Waals surface area contributed by atoms with Gasteiger partial charge in [0.2, 0.25) is 0 Å². The highest BCUT2D eigenvalue weighted by Crippen LogP contribution is 2.45. The maximum Gasteiger partial charge on any atom is 0.314 e. The molecule has 0 bridgehead atoms. The molecule has 1 aromatic carbocycles. The molecule has 0 radical (unpaired) electrons. The summed E-state index contributed by atoms with van der Waals surface area (Å²) in [5.74, 6) is -0.170. The quantitative estimate of drug-likeness (QED) is 0.880. The Balaban J connectivity index is 2.59. The molecule has 2 N–H and O–H groups in total. The van der Waals surface area contributed by atoms with Gasteiger partial charge in [0.25, 0.3) is 0 Å². The second-order valence-electron chi connectivity index (χ2n) is 5.29. The lowest BCUT2D eigenvalue weighted by Crippen LogP contribution is -2.38. The molecule has 0 aliphatic heterocycles. The topological polar surface area (TPSA) is 66.8 Å². The van der Waals surface area contributed by atoms with Gasteiger partial charge in [-0.25, -0.2) is 0 Å². The Labute approximate surface area is 113 Å². The van der Waals surface area contributed by atoms with E-state index in [4.69, 9.17) is 4.74 Å². The van der Waals surface area contributed by atoms with Crippen molar-refractivity contribution in [2.75, 3.05) is 7.11 Å². The minimum Gasteiger partial charge on any atom is -0.507 e. The van der Waals surface area contributed by atoms with Gasteiger partial charge in [-0.05, 0) is 37.5 Å². The molecule has 1 aliphatic rings. The fraction of sp³-hybridized carbons (Fsp3) is 0.533. The Hall–Kier alpha value is -1.71. The van der Waals surface area contributed by atoms with E-state index in [-0.39, 0.29) is 5.75 Å². The number of carbonyl (C=O) groups is 1. The van der Waals surface area contributed by atoms with Crippen LogP contribution in [0.4, 0.5) is 0 Å². The summed E-state index contributed by atoms with van der Waals surface area (Å²) < 4.78 is 5.20. The smallest absolute Gasteiger partial charge is 0.314 e. The number of phenolic OH excluding ortho intramolecular Hbond substituents is 1. The second-order valence-corrected chi connectivity index (χ2v) is 5.29. The van der Waals surface area contributed by atoms with Crippen molar-refractivity contribution < 1.29 is 19.7 Å². The number of hydrogen-bond acceptors (Lipinski definition) is 3. The molecule has 0 aromatic heterocycles. The summed E-state index contributed by atoms with van der Waals surface area (Å²) in [6.07, 6.45) is 3.95. The zero-order chi connectivity index (χ0) is 14.0. The van der Waals surface area contributed by atoms with Gasteiger partial charge in [-0.2, -0.15) is 0 Å². The van der Waals surface area contributed by atoms with Gasteiger partial charge in [-0.3, -0.25) is 4.79 Å². The van der Waals surface area contributed by atoms with Gasteiger partial charge in [-0.1, -0.05) is 19.3 Å². The zero-order valence-electron chi connectivity index (χ0n) is 11.4. The molecule has 0 saturated heterocycles. The summed E-state index contributed by atoms with van der Waals surface area (Å²) in [7, 11) is 1.55. The van der Waals surface area contributed by atoms with Crippen LogP contribution < -0.4 is 4.74 Å². The van der Waals surface area contributed by atoms with Crippen LogP contribution in [0.25, 0.3) is 0 Å². The Kier molecular flexibility index (Phi) is 3.69. The number of phenols is 1.